The van der Waals surface area contributed by atoms with Gasteiger partial charge in [-0.15, -0.1) is 0 Å². The van der Waals surface area contributed by atoms with Crippen molar-refractivity contribution in [3.63, 3.8) is 0 Å². The van der Waals surface area contributed by atoms with Gasteiger partial charge in [0, 0.05) is 32.1 Å². The van der Waals surface area contributed by atoms with E-state index in [1.54, 1.807) is 6.07 Å². The first-order valence-electron chi connectivity index (χ1n) is 8.48. The Hall–Kier alpha value is -1.83. The van der Waals surface area contributed by atoms with Crippen LogP contribution in [0.4, 0.5) is 10.5 Å². The van der Waals surface area contributed by atoms with E-state index in [1.165, 1.54) is 12.1 Å². The van der Waals surface area contributed by atoms with Gasteiger partial charge in [0.1, 0.15) is 6.04 Å². The molecule has 9 heteroatoms. The fourth-order valence-corrected chi connectivity index (χ4v) is 3.51. The molecule has 1 unspecified atom stereocenters. The monoisotopic (exact) mass is 398 g/mol. The number of imide groups is 1. The Kier molecular flexibility index (Phi) is 5.70. The quantitative estimate of drug-likeness (QED) is 0.760. The van der Waals surface area contributed by atoms with Crippen molar-refractivity contribution in [1.29, 1.82) is 0 Å². The third-order valence-corrected chi connectivity index (χ3v) is 5.39. The predicted molar refractivity (Wildman–Crippen MR) is 99.5 cm³/mol. The van der Waals surface area contributed by atoms with Crippen molar-refractivity contribution in [2.75, 3.05) is 24.5 Å². The second-order valence-corrected chi connectivity index (χ2v) is 7.27. The summed E-state index contributed by atoms with van der Waals surface area (Å²) in [6.45, 7) is 4.16. The standard InChI is InChI=1S/C17H20Cl2N4O3/c1-10-9-20-6-7-22(10)15(24)5-4-14-16(25)23(17(26)21-14)11-2-3-12(18)13(19)8-11/h2-3,8,10,14,20H,4-7,9H2,1H3,(H,21,26)/t10-,14?/m1/s1. The maximum absolute atomic E-state index is 12.6. The summed E-state index contributed by atoms with van der Waals surface area (Å²) < 4.78 is 0. The average Bonchev–Trinajstić information content (AvgIpc) is 2.89. The van der Waals surface area contributed by atoms with Crippen molar-refractivity contribution < 1.29 is 14.4 Å². The number of halogens is 2. The Labute approximate surface area is 161 Å². The molecule has 0 saturated carbocycles. The minimum Gasteiger partial charge on any atom is -0.337 e. The van der Waals surface area contributed by atoms with Gasteiger partial charge in [0.05, 0.1) is 15.7 Å². The summed E-state index contributed by atoms with van der Waals surface area (Å²) in [5.41, 5.74) is 0.353. The van der Waals surface area contributed by atoms with Crippen molar-refractivity contribution in [3.05, 3.63) is 28.2 Å². The van der Waals surface area contributed by atoms with E-state index < -0.39 is 18.0 Å². The van der Waals surface area contributed by atoms with Gasteiger partial charge in [0.25, 0.3) is 5.91 Å². The number of hydrogen-bond donors (Lipinski definition) is 2. The molecule has 4 amide bonds. The van der Waals surface area contributed by atoms with Crippen molar-refractivity contribution in [2.24, 2.45) is 0 Å². The van der Waals surface area contributed by atoms with Crippen LogP contribution in [0.3, 0.4) is 0 Å². The molecule has 2 saturated heterocycles. The van der Waals surface area contributed by atoms with E-state index in [-0.39, 0.29) is 29.8 Å². The smallest absolute Gasteiger partial charge is 0.329 e. The van der Waals surface area contributed by atoms with Crippen LogP contribution in [0.2, 0.25) is 10.0 Å². The highest BCUT2D eigenvalue weighted by Gasteiger charge is 2.39. The minimum absolute atomic E-state index is 0.00552. The molecule has 0 bridgehead atoms. The van der Waals surface area contributed by atoms with Crippen molar-refractivity contribution in [3.8, 4) is 0 Å². The number of hydrogen-bond acceptors (Lipinski definition) is 4. The molecule has 2 aliphatic heterocycles. The summed E-state index contributed by atoms with van der Waals surface area (Å²) >= 11 is 11.8. The molecule has 7 nitrogen and oxygen atoms in total. The van der Waals surface area contributed by atoms with Crippen LogP contribution in [0.1, 0.15) is 19.8 Å². The molecule has 140 valence electrons. The number of amides is 4. The molecule has 2 heterocycles. The Morgan fingerprint density at radius 2 is 2.04 bits per heavy atom. The number of carbonyl (C=O) groups is 3. The SMILES string of the molecule is C[C@@H]1CNCCN1C(=O)CCC1NC(=O)N(c2ccc(Cl)c(Cl)c2)C1=O. The Morgan fingerprint density at radius 1 is 1.27 bits per heavy atom. The summed E-state index contributed by atoms with van der Waals surface area (Å²) in [4.78, 5) is 40.1. The van der Waals surface area contributed by atoms with E-state index in [0.29, 0.717) is 17.3 Å². The zero-order valence-electron chi connectivity index (χ0n) is 14.3. The molecule has 1 aromatic rings. The molecule has 2 N–H and O–H groups in total. The molecular formula is C17H20Cl2N4O3. The van der Waals surface area contributed by atoms with Gasteiger partial charge in [0.15, 0.2) is 0 Å². The van der Waals surface area contributed by atoms with Gasteiger partial charge in [-0.25, -0.2) is 9.69 Å². The zero-order valence-corrected chi connectivity index (χ0v) is 15.8. The van der Waals surface area contributed by atoms with E-state index >= 15 is 0 Å². The van der Waals surface area contributed by atoms with Gasteiger partial charge in [-0.2, -0.15) is 0 Å². The van der Waals surface area contributed by atoms with Crippen molar-refractivity contribution in [2.45, 2.75) is 31.8 Å². The van der Waals surface area contributed by atoms with Crippen LogP contribution < -0.4 is 15.5 Å². The number of nitrogens with one attached hydrogen (secondary N) is 2. The maximum Gasteiger partial charge on any atom is 0.329 e. The lowest BCUT2D eigenvalue weighted by molar-refractivity contribution is -0.134. The van der Waals surface area contributed by atoms with E-state index in [2.05, 4.69) is 10.6 Å². The molecule has 2 fully saturated rings. The molecule has 26 heavy (non-hydrogen) atoms. The normalized spacial score (nSPS) is 23.3. The van der Waals surface area contributed by atoms with E-state index in [1.807, 2.05) is 11.8 Å². The van der Waals surface area contributed by atoms with Crippen LogP contribution in [0, 0.1) is 0 Å². The number of rotatable bonds is 4. The molecular weight excluding hydrogens is 379 g/mol. The van der Waals surface area contributed by atoms with Crippen LogP contribution in [0.15, 0.2) is 18.2 Å². The molecule has 2 aliphatic rings. The summed E-state index contributed by atoms with van der Waals surface area (Å²) in [6, 6.07) is 3.43. The number of nitrogens with zero attached hydrogens (tertiary/aromatic N) is 2. The van der Waals surface area contributed by atoms with Crippen LogP contribution >= 0.6 is 23.2 Å². The molecule has 0 aliphatic carbocycles. The fourth-order valence-electron chi connectivity index (χ4n) is 3.22. The lowest BCUT2D eigenvalue weighted by Gasteiger charge is -2.34. The van der Waals surface area contributed by atoms with Crippen LogP contribution in [-0.2, 0) is 9.59 Å². The van der Waals surface area contributed by atoms with Crippen LogP contribution in [0.5, 0.6) is 0 Å². The summed E-state index contributed by atoms with van der Waals surface area (Å²) in [5.74, 6) is -0.399. The van der Waals surface area contributed by atoms with E-state index in [4.69, 9.17) is 23.2 Å². The number of urea groups is 1. The molecule has 3 rings (SSSR count). The topological polar surface area (TPSA) is 81.8 Å². The van der Waals surface area contributed by atoms with E-state index in [9.17, 15) is 14.4 Å². The minimum atomic E-state index is -0.723. The van der Waals surface area contributed by atoms with Crippen LogP contribution in [0.25, 0.3) is 0 Å². The highest BCUT2D eigenvalue weighted by Crippen LogP contribution is 2.29. The molecule has 0 aromatic heterocycles. The van der Waals surface area contributed by atoms with Crippen molar-refractivity contribution in [1.82, 2.24) is 15.5 Å². The van der Waals surface area contributed by atoms with Gasteiger partial charge >= 0.3 is 6.03 Å². The molecule has 2 atom stereocenters. The average molecular weight is 399 g/mol. The number of piperazine rings is 1. The number of carbonyl (C=O) groups excluding carboxylic acids is 3. The third-order valence-electron chi connectivity index (χ3n) is 4.65. The fraction of sp³-hybridized carbons (Fsp3) is 0.471. The van der Waals surface area contributed by atoms with Gasteiger partial charge in [0.2, 0.25) is 5.91 Å². The summed E-state index contributed by atoms with van der Waals surface area (Å²) in [6.07, 6.45) is 0.466. The lowest BCUT2D eigenvalue weighted by Crippen LogP contribution is -2.52. The van der Waals surface area contributed by atoms with E-state index in [0.717, 1.165) is 18.0 Å². The van der Waals surface area contributed by atoms with Gasteiger partial charge in [-0.1, -0.05) is 23.2 Å². The zero-order chi connectivity index (χ0) is 18.8. The summed E-state index contributed by atoms with van der Waals surface area (Å²) in [5, 5.41) is 6.47. The van der Waals surface area contributed by atoms with Gasteiger partial charge < -0.3 is 15.5 Å². The second kappa shape index (κ2) is 7.82. The van der Waals surface area contributed by atoms with Crippen molar-refractivity contribution >= 4 is 46.7 Å². The Balaban J connectivity index is 1.63. The molecule has 1 aromatic carbocycles. The molecule has 0 spiro atoms. The van der Waals surface area contributed by atoms with Crippen LogP contribution in [-0.4, -0.2) is 54.5 Å². The number of benzene rings is 1. The first-order valence-corrected chi connectivity index (χ1v) is 9.24. The molecule has 0 radical (unpaired) electrons. The second-order valence-electron chi connectivity index (χ2n) is 6.45. The Bertz CT molecular complexity index is 743. The maximum atomic E-state index is 12.6. The first kappa shape index (κ1) is 18.9. The highest BCUT2D eigenvalue weighted by molar-refractivity contribution is 6.42. The Morgan fingerprint density at radius 3 is 2.73 bits per heavy atom. The first-order chi connectivity index (χ1) is 12.4. The largest absolute Gasteiger partial charge is 0.337 e. The summed E-state index contributed by atoms with van der Waals surface area (Å²) in [7, 11) is 0. The highest BCUT2D eigenvalue weighted by atomic mass is 35.5. The van der Waals surface area contributed by atoms with Gasteiger partial charge in [-0.05, 0) is 31.5 Å². The van der Waals surface area contributed by atoms with Gasteiger partial charge in [-0.3, -0.25) is 9.59 Å². The third kappa shape index (κ3) is 3.79. The predicted octanol–water partition coefficient (Wildman–Crippen LogP) is 2.02. The number of anilines is 1. The lowest BCUT2D eigenvalue weighted by atomic mass is 10.1.